The number of benzene rings is 2. The Hall–Kier alpha value is -2.57. The van der Waals surface area contributed by atoms with E-state index in [4.69, 9.17) is 21.6 Å². The number of esters is 1. The van der Waals surface area contributed by atoms with Gasteiger partial charge in [-0.1, -0.05) is 53.6 Å². The lowest BCUT2D eigenvalue weighted by Gasteiger charge is -2.04. The Morgan fingerprint density at radius 1 is 1.27 bits per heavy atom. The van der Waals surface area contributed by atoms with Crippen molar-refractivity contribution in [2.45, 2.75) is 13.5 Å². The minimum atomic E-state index is -0.650. The number of rotatable bonds is 4. The van der Waals surface area contributed by atoms with Gasteiger partial charge in [0.25, 0.3) is 0 Å². The molecule has 0 saturated heterocycles. The van der Waals surface area contributed by atoms with Gasteiger partial charge in [-0.05, 0) is 36.3 Å². The van der Waals surface area contributed by atoms with E-state index < -0.39 is 5.97 Å². The fourth-order valence-corrected chi connectivity index (χ4v) is 2.03. The summed E-state index contributed by atoms with van der Waals surface area (Å²) >= 11 is 5.87. The Morgan fingerprint density at radius 3 is 2.64 bits per heavy atom. The predicted molar refractivity (Wildman–Crippen MR) is 86.0 cm³/mol. The summed E-state index contributed by atoms with van der Waals surface area (Å²) in [6.45, 7) is 2.05. The molecular weight excluding hydrogens is 298 g/mol. The zero-order valence-corrected chi connectivity index (χ0v) is 12.8. The molecule has 0 amide bonds. The van der Waals surface area contributed by atoms with Crippen molar-refractivity contribution in [1.82, 2.24) is 0 Å². The Kier molecular flexibility index (Phi) is 5.35. The highest BCUT2D eigenvalue weighted by atomic mass is 35.5. The van der Waals surface area contributed by atoms with E-state index in [-0.39, 0.29) is 12.2 Å². The van der Waals surface area contributed by atoms with Crippen LogP contribution >= 0.6 is 11.6 Å². The van der Waals surface area contributed by atoms with Gasteiger partial charge in [0.15, 0.2) is 0 Å². The monoisotopic (exact) mass is 311 g/mol. The third-order valence-electron chi connectivity index (χ3n) is 2.99. The van der Waals surface area contributed by atoms with Crippen LogP contribution in [0.2, 0.25) is 5.02 Å². The van der Waals surface area contributed by atoms with Crippen LogP contribution in [0.4, 0.5) is 0 Å². The highest BCUT2D eigenvalue weighted by Gasteiger charge is 2.11. The second-order valence-corrected chi connectivity index (χ2v) is 5.22. The van der Waals surface area contributed by atoms with Crippen LogP contribution in [-0.4, -0.2) is 5.97 Å². The molecule has 22 heavy (non-hydrogen) atoms. The standard InChI is InChI=1S/C18H14ClNO2/c1-13-5-7-14(8-6-13)9-16(11-20)18(21)22-12-15-3-2-4-17(19)10-15/h2-10H,12H2,1H3/b16-9+. The van der Waals surface area contributed by atoms with Crippen molar-refractivity contribution < 1.29 is 9.53 Å². The molecule has 2 rings (SSSR count). The van der Waals surface area contributed by atoms with Gasteiger partial charge < -0.3 is 4.74 Å². The van der Waals surface area contributed by atoms with E-state index >= 15 is 0 Å². The first kappa shape index (κ1) is 15.8. The first-order chi connectivity index (χ1) is 10.6. The molecular formula is C18H14ClNO2. The lowest BCUT2D eigenvalue weighted by atomic mass is 10.1. The van der Waals surface area contributed by atoms with Crippen molar-refractivity contribution in [1.29, 1.82) is 5.26 Å². The first-order valence-electron chi connectivity index (χ1n) is 6.68. The Morgan fingerprint density at radius 2 is 2.00 bits per heavy atom. The molecule has 0 saturated carbocycles. The maximum absolute atomic E-state index is 12.0. The molecule has 0 N–H and O–H groups in total. The second-order valence-electron chi connectivity index (χ2n) is 4.79. The van der Waals surface area contributed by atoms with Crippen LogP contribution in [0.25, 0.3) is 6.08 Å². The molecule has 110 valence electrons. The van der Waals surface area contributed by atoms with Crippen LogP contribution in [0.15, 0.2) is 54.1 Å². The van der Waals surface area contributed by atoms with Gasteiger partial charge in [-0.25, -0.2) is 4.79 Å². The molecule has 0 spiro atoms. The van der Waals surface area contributed by atoms with E-state index in [0.29, 0.717) is 5.02 Å². The number of hydrogen-bond acceptors (Lipinski definition) is 3. The van der Waals surface area contributed by atoms with E-state index in [1.54, 1.807) is 24.3 Å². The molecule has 2 aromatic rings. The van der Waals surface area contributed by atoms with Gasteiger partial charge in [0.1, 0.15) is 18.2 Å². The summed E-state index contributed by atoms with van der Waals surface area (Å²) in [5.41, 5.74) is 2.63. The molecule has 0 fully saturated rings. The maximum Gasteiger partial charge on any atom is 0.349 e. The van der Waals surface area contributed by atoms with Crippen molar-refractivity contribution in [3.05, 3.63) is 75.8 Å². The second kappa shape index (κ2) is 7.44. The summed E-state index contributed by atoms with van der Waals surface area (Å²) in [6.07, 6.45) is 1.51. The van der Waals surface area contributed by atoms with Crippen molar-refractivity contribution in [2.24, 2.45) is 0 Å². The number of carbonyl (C=O) groups is 1. The Bertz CT molecular complexity index is 742. The smallest absolute Gasteiger partial charge is 0.349 e. The molecule has 3 nitrogen and oxygen atoms in total. The first-order valence-corrected chi connectivity index (χ1v) is 7.06. The van der Waals surface area contributed by atoms with Gasteiger partial charge in [0, 0.05) is 5.02 Å². The predicted octanol–water partition coefficient (Wildman–Crippen LogP) is 4.30. The van der Waals surface area contributed by atoms with Gasteiger partial charge in [-0.2, -0.15) is 5.26 Å². The summed E-state index contributed by atoms with van der Waals surface area (Å²) < 4.78 is 5.14. The highest BCUT2D eigenvalue weighted by molar-refractivity contribution is 6.30. The van der Waals surface area contributed by atoms with Crippen LogP contribution in [0.5, 0.6) is 0 Å². The summed E-state index contributed by atoms with van der Waals surface area (Å²) in [4.78, 5) is 12.0. The molecule has 0 bridgehead atoms. The molecule has 0 aliphatic rings. The minimum Gasteiger partial charge on any atom is -0.457 e. The van der Waals surface area contributed by atoms with Gasteiger partial charge in [0.05, 0.1) is 0 Å². The molecule has 0 heterocycles. The summed E-state index contributed by atoms with van der Waals surface area (Å²) in [5, 5.41) is 9.69. The van der Waals surface area contributed by atoms with Gasteiger partial charge in [-0.15, -0.1) is 0 Å². The fraction of sp³-hybridized carbons (Fsp3) is 0.111. The van der Waals surface area contributed by atoms with Gasteiger partial charge >= 0.3 is 5.97 Å². The Labute approximate surface area is 134 Å². The van der Waals surface area contributed by atoms with E-state index in [1.165, 1.54) is 6.08 Å². The van der Waals surface area contributed by atoms with E-state index in [2.05, 4.69) is 0 Å². The molecule has 2 aromatic carbocycles. The normalized spacial score (nSPS) is 10.9. The van der Waals surface area contributed by atoms with Crippen LogP contribution < -0.4 is 0 Å². The number of halogens is 1. The number of carbonyl (C=O) groups excluding carboxylic acids is 1. The molecule has 0 atom stereocenters. The largest absolute Gasteiger partial charge is 0.457 e. The van der Waals surface area contributed by atoms with Crippen molar-refractivity contribution >= 4 is 23.6 Å². The molecule has 0 aromatic heterocycles. The molecule has 0 radical (unpaired) electrons. The van der Waals surface area contributed by atoms with Gasteiger partial charge in [-0.3, -0.25) is 0 Å². The third-order valence-corrected chi connectivity index (χ3v) is 3.22. The van der Waals surface area contributed by atoms with E-state index in [1.807, 2.05) is 37.3 Å². The molecule has 0 aliphatic carbocycles. The van der Waals surface area contributed by atoms with Gasteiger partial charge in [0.2, 0.25) is 0 Å². The SMILES string of the molecule is Cc1ccc(/C=C(\C#N)C(=O)OCc2cccc(Cl)c2)cc1. The lowest BCUT2D eigenvalue weighted by molar-refractivity contribution is -0.139. The third kappa shape index (κ3) is 4.47. The van der Waals surface area contributed by atoms with Crippen molar-refractivity contribution in [2.75, 3.05) is 0 Å². The maximum atomic E-state index is 12.0. The lowest BCUT2D eigenvalue weighted by Crippen LogP contribution is -2.06. The topological polar surface area (TPSA) is 50.1 Å². The summed E-state index contributed by atoms with van der Waals surface area (Å²) in [5.74, 6) is -0.650. The minimum absolute atomic E-state index is 0.0362. The summed E-state index contributed by atoms with van der Waals surface area (Å²) in [7, 11) is 0. The summed E-state index contributed by atoms with van der Waals surface area (Å²) in [6, 6.07) is 16.4. The average Bonchev–Trinajstić information content (AvgIpc) is 2.52. The number of aryl methyl sites for hydroxylation is 1. The fourth-order valence-electron chi connectivity index (χ4n) is 1.82. The van der Waals surface area contributed by atoms with E-state index in [0.717, 1.165) is 16.7 Å². The van der Waals surface area contributed by atoms with Crippen molar-refractivity contribution in [3.63, 3.8) is 0 Å². The van der Waals surface area contributed by atoms with Crippen LogP contribution in [0.3, 0.4) is 0 Å². The van der Waals surface area contributed by atoms with Crippen molar-refractivity contribution in [3.8, 4) is 6.07 Å². The molecule has 4 heteroatoms. The number of hydrogen-bond donors (Lipinski definition) is 0. The number of nitrogens with zero attached hydrogens (tertiary/aromatic N) is 1. The number of nitriles is 1. The highest BCUT2D eigenvalue weighted by Crippen LogP contribution is 2.13. The zero-order chi connectivity index (χ0) is 15.9. The molecule has 0 aliphatic heterocycles. The Balaban J connectivity index is 2.06. The average molecular weight is 312 g/mol. The number of ether oxygens (including phenoxy) is 1. The molecule has 0 unspecified atom stereocenters. The van der Waals surface area contributed by atoms with Crippen LogP contribution in [0, 0.1) is 18.3 Å². The van der Waals surface area contributed by atoms with Crippen LogP contribution in [0.1, 0.15) is 16.7 Å². The quantitative estimate of drug-likeness (QED) is 0.480. The zero-order valence-electron chi connectivity index (χ0n) is 12.0. The van der Waals surface area contributed by atoms with Crippen LogP contribution in [-0.2, 0) is 16.1 Å². The van der Waals surface area contributed by atoms with E-state index in [9.17, 15) is 4.79 Å².